The van der Waals surface area contributed by atoms with Crippen LogP contribution in [0.15, 0.2) is 0 Å². The molecule has 0 spiro atoms. The molecule has 0 aromatic heterocycles. The Kier molecular flexibility index (Phi) is 3.43. The molecule has 1 fully saturated rings. The molecule has 1 aliphatic rings. The van der Waals surface area contributed by atoms with Crippen LogP contribution in [0.5, 0.6) is 0 Å². The van der Waals surface area contributed by atoms with Crippen molar-refractivity contribution in [3.8, 4) is 0 Å². The molecule has 82 valence electrons. The van der Waals surface area contributed by atoms with Crippen LogP contribution in [-0.2, 0) is 9.53 Å². The highest BCUT2D eigenvalue weighted by Gasteiger charge is 2.42. The summed E-state index contributed by atoms with van der Waals surface area (Å²) < 4.78 is 4.91. The molecule has 14 heavy (non-hydrogen) atoms. The summed E-state index contributed by atoms with van der Waals surface area (Å²) in [4.78, 5) is 10.8. The number of aliphatic hydroxyl groups excluding tert-OH is 3. The summed E-state index contributed by atoms with van der Waals surface area (Å²) in [5.41, 5.74) is 0. The molecule has 1 unspecified atom stereocenters. The fraction of sp³-hybridized carbons (Fsp3) is 0.875. The molecule has 1 heterocycles. The summed E-state index contributed by atoms with van der Waals surface area (Å²) in [6.07, 6.45) is -4.59. The number of hydrogen-bond donors (Lipinski definition) is 4. The van der Waals surface area contributed by atoms with E-state index >= 15 is 0 Å². The maximum absolute atomic E-state index is 10.8. The summed E-state index contributed by atoms with van der Waals surface area (Å²) in [6.45, 7) is 2.90. The van der Waals surface area contributed by atoms with Crippen molar-refractivity contribution < 1.29 is 24.9 Å². The van der Waals surface area contributed by atoms with E-state index in [1.807, 2.05) is 0 Å². The molecule has 0 radical (unpaired) electrons. The Morgan fingerprint density at radius 1 is 1.29 bits per heavy atom. The molecule has 0 aromatic carbocycles. The Hall–Kier alpha value is -0.690. The molecule has 6 heteroatoms. The summed E-state index contributed by atoms with van der Waals surface area (Å²) in [6, 6.07) is -0.703. The largest absolute Gasteiger partial charge is 0.388 e. The molecule has 0 aliphatic carbocycles. The zero-order valence-electron chi connectivity index (χ0n) is 8.04. The number of carbonyl (C=O) groups is 1. The van der Waals surface area contributed by atoms with Gasteiger partial charge in [-0.25, -0.2) is 0 Å². The van der Waals surface area contributed by atoms with Gasteiger partial charge in [-0.05, 0) is 6.92 Å². The Morgan fingerprint density at radius 3 is 2.36 bits per heavy atom. The van der Waals surface area contributed by atoms with Gasteiger partial charge in [0.05, 0.1) is 12.1 Å². The fourth-order valence-electron chi connectivity index (χ4n) is 1.48. The summed E-state index contributed by atoms with van der Waals surface area (Å²) in [5, 5.41) is 30.4. The molecule has 1 saturated heterocycles. The van der Waals surface area contributed by atoms with Crippen molar-refractivity contribution in [1.82, 2.24) is 5.32 Å². The Morgan fingerprint density at radius 2 is 1.86 bits per heavy atom. The van der Waals surface area contributed by atoms with Crippen molar-refractivity contribution >= 4 is 5.91 Å². The third-order valence-electron chi connectivity index (χ3n) is 2.24. The first kappa shape index (κ1) is 11.4. The minimum Gasteiger partial charge on any atom is -0.388 e. The van der Waals surface area contributed by atoms with Crippen molar-refractivity contribution in [2.75, 3.05) is 0 Å². The highest BCUT2D eigenvalue weighted by Crippen LogP contribution is 2.19. The zero-order chi connectivity index (χ0) is 10.9. The number of nitrogens with one attached hydrogen (secondary N) is 1. The molecule has 1 rings (SSSR count). The molecule has 5 atom stereocenters. The quantitative estimate of drug-likeness (QED) is 0.395. The van der Waals surface area contributed by atoms with E-state index in [4.69, 9.17) is 9.84 Å². The van der Waals surface area contributed by atoms with Crippen LogP contribution in [0.4, 0.5) is 0 Å². The summed E-state index contributed by atoms with van der Waals surface area (Å²) in [7, 11) is 0. The molecule has 1 amide bonds. The lowest BCUT2D eigenvalue weighted by Gasteiger charge is -2.39. The molecule has 4 N–H and O–H groups in total. The third-order valence-corrected chi connectivity index (χ3v) is 2.24. The van der Waals surface area contributed by atoms with Crippen molar-refractivity contribution in [2.24, 2.45) is 0 Å². The Bertz CT molecular complexity index is 222. The second-order valence-electron chi connectivity index (χ2n) is 3.44. The van der Waals surface area contributed by atoms with Crippen LogP contribution >= 0.6 is 0 Å². The van der Waals surface area contributed by atoms with Gasteiger partial charge in [-0.2, -0.15) is 0 Å². The van der Waals surface area contributed by atoms with Crippen molar-refractivity contribution in [3.63, 3.8) is 0 Å². The maximum atomic E-state index is 10.8. The van der Waals surface area contributed by atoms with Gasteiger partial charge in [-0.1, -0.05) is 0 Å². The third kappa shape index (κ3) is 2.21. The molecular formula is C8H15NO5. The predicted octanol–water partition coefficient (Wildman–Crippen LogP) is -2.05. The second-order valence-corrected chi connectivity index (χ2v) is 3.44. The average Bonchev–Trinajstić information content (AvgIpc) is 2.09. The van der Waals surface area contributed by atoms with Crippen LogP contribution in [0, 0.1) is 0 Å². The number of hydrogen-bond acceptors (Lipinski definition) is 5. The topological polar surface area (TPSA) is 99.0 Å². The standard InChI is InChI=1S/C8H15NO5/c1-3-5(9-4(2)10)6(11)7(12)8(13)14-3/h3,5-8,11-13H,1-2H3,(H,9,10)/t3-,5-,6+,7-,8?/m1/s1. The van der Waals surface area contributed by atoms with E-state index in [-0.39, 0.29) is 5.91 Å². The predicted molar refractivity (Wildman–Crippen MR) is 46.2 cm³/mol. The van der Waals surface area contributed by atoms with Crippen molar-refractivity contribution in [2.45, 2.75) is 44.5 Å². The zero-order valence-corrected chi connectivity index (χ0v) is 8.04. The van der Waals surface area contributed by atoms with E-state index in [0.717, 1.165) is 0 Å². The van der Waals surface area contributed by atoms with E-state index in [1.54, 1.807) is 6.92 Å². The van der Waals surface area contributed by atoms with E-state index in [1.165, 1.54) is 6.92 Å². The van der Waals surface area contributed by atoms with Crippen LogP contribution in [0.1, 0.15) is 13.8 Å². The van der Waals surface area contributed by atoms with Gasteiger partial charge in [-0.15, -0.1) is 0 Å². The number of carbonyl (C=O) groups excluding carboxylic acids is 1. The number of rotatable bonds is 1. The van der Waals surface area contributed by atoms with Crippen LogP contribution in [0.2, 0.25) is 0 Å². The van der Waals surface area contributed by atoms with Crippen LogP contribution in [0.3, 0.4) is 0 Å². The van der Waals surface area contributed by atoms with Crippen LogP contribution < -0.4 is 5.32 Å². The van der Waals surface area contributed by atoms with E-state index in [9.17, 15) is 15.0 Å². The second kappa shape index (κ2) is 4.22. The lowest BCUT2D eigenvalue weighted by molar-refractivity contribution is -0.253. The van der Waals surface area contributed by atoms with Gasteiger partial charge in [0.15, 0.2) is 6.29 Å². The van der Waals surface area contributed by atoms with Gasteiger partial charge in [0.1, 0.15) is 12.2 Å². The van der Waals surface area contributed by atoms with Gasteiger partial charge in [0, 0.05) is 6.92 Å². The monoisotopic (exact) mass is 205 g/mol. The lowest BCUT2D eigenvalue weighted by atomic mass is 9.97. The molecule has 0 saturated carbocycles. The normalized spacial score (nSPS) is 43.4. The highest BCUT2D eigenvalue weighted by atomic mass is 16.6. The highest BCUT2D eigenvalue weighted by molar-refractivity contribution is 5.73. The minimum absolute atomic E-state index is 0.326. The van der Waals surface area contributed by atoms with Gasteiger partial charge >= 0.3 is 0 Å². The molecule has 0 bridgehead atoms. The lowest BCUT2D eigenvalue weighted by Crippen LogP contribution is -2.62. The first-order chi connectivity index (χ1) is 6.43. The van der Waals surface area contributed by atoms with E-state index in [2.05, 4.69) is 5.32 Å². The smallest absolute Gasteiger partial charge is 0.217 e. The minimum atomic E-state index is -1.41. The summed E-state index contributed by atoms with van der Waals surface area (Å²) in [5.74, 6) is -0.326. The number of ether oxygens (including phenoxy) is 1. The van der Waals surface area contributed by atoms with Gasteiger partial charge in [-0.3, -0.25) is 4.79 Å². The van der Waals surface area contributed by atoms with Crippen molar-refractivity contribution in [3.05, 3.63) is 0 Å². The Labute approximate surface area is 81.5 Å². The van der Waals surface area contributed by atoms with Gasteiger partial charge < -0.3 is 25.4 Å². The van der Waals surface area contributed by atoms with E-state index in [0.29, 0.717) is 0 Å². The maximum Gasteiger partial charge on any atom is 0.217 e. The molecule has 0 aromatic rings. The van der Waals surface area contributed by atoms with Gasteiger partial charge in [0.25, 0.3) is 0 Å². The molecule has 1 aliphatic heterocycles. The van der Waals surface area contributed by atoms with Crippen LogP contribution in [0.25, 0.3) is 0 Å². The summed E-state index contributed by atoms with van der Waals surface area (Å²) >= 11 is 0. The van der Waals surface area contributed by atoms with E-state index < -0.39 is 30.6 Å². The number of aliphatic hydroxyl groups is 3. The first-order valence-corrected chi connectivity index (χ1v) is 4.40. The van der Waals surface area contributed by atoms with Crippen molar-refractivity contribution in [1.29, 1.82) is 0 Å². The molecule has 6 nitrogen and oxygen atoms in total. The Balaban J connectivity index is 2.68. The fourth-order valence-corrected chi connectivity index (χ4v) is 1.48. The SMILES string of the molecule is CC(=O)N[C@H]1[C@H](O)[C@@H](O)C(O)O[C@@H]1C. The molecular weight excluding hydrogens is 190 g/mol. The number of amides is 1. The average molecular weight is 205 g/mol. The first-order valence-electron chi connectivity index (χ1n) is 4.40. The van der Waals surface area contributed by atoms with Gasteiger partial charge in [0.2, 0.25) is 5.91 Å². The van der Waals surface area contributed by atoms with Crippen LogP contribution in [-0.4, -0.2) is 51.9 Å².